The van der Waals surface area contributed by atoms with Crippen molar-refractivity contribution in [1.82, 2.24) is 0 Å². The number of carbonyl (C=O) groups excluding carboxylic acids is 2. The van der Waals surface area contributed by atoms with E-state index in [9.17, 15) is 22.8 Å². The minimum atomic E-state index is -4.51. The highest BCUT2D eigenvalue weighted by molar-refractivity contribution is 5.99. The van der Waals surface area contributed by atoms with Crippen LogP contribution in [0.15, 0.2) is 18.2 Å². The van der Waals surface area contributed by atoms with Crippen molar-refractivity contribution in [1.29, 1.82) is 0 Å². The molecular weight excluding hydrogens is 249 g/mol. The zero-order valence-electron chi connectivity index (χ0n) is 9.80. The third kappa shape index (κ3) is 3.32. The number of ether oxygens (including phenoxy) is 1. The van der Waals surface area contributed by atoms with E-state index in [0.717, 1.165) is 19.1 Å². The van der Waals surface area contributed by atoms with Crippen molar-refractivity contribution in [3.63, 3.8) is 0 Å². The lowest BCUT2D eigenvalue weighted by molar-refractivity contribution is -0.140. The van der Waals surface area contributed by atoms with Gasteiger partial charge in [-0.25, -0.2) is 0 Å². The summed E-state index contributed by atoms with van der Waals surface area (Å²) in [6, 6.07) is 3.32. The number of alkyl halides is 3. The topological polar surface area (TPSA) is 43.4 Å². The van der Waals surface area contributed by atoms with Crippen LogP contribution in [0.3, 0.4) is 0 Å². The summed E-state index contributed by atoms with van der Waals surface area (Å²) in [5.74, 6) is -1.32. The van der Waals surface area contributed by atoms with Crippen molar-refractivity contribution in [2.45, 2.75) is 20.0 Å². The molecule has 1 aromatic rings. The van der Waals surface area contributed by atoms with Crippen molar-refractivity contribution in [3.05, 3.63) is 34.9 Å². The summed E-state index contributed by atoms with van der Waals surface area (Å²) in [6.07, 6.45) is -4.51. The number of ketones is 1. The summed E-state index contributed by atoms with van der Waals surface area (Å²) < 4.78 is 42.3. The molecule has 0 aliphatic rings. The Morgan fingerprint density at radius 3 is 2.39 bits per heavy atom. The number of benzene rings is 1. The van der Waals surface area contributed by atoms with Crippen LogP contribution in [-0.2, 0) is 15.7 Å². The maximum atomic E-state index is 12.6. The van der Waals surface area contributed by atoms with Gasteiger partial charge in [0.1, 0.15) is 0 Å². The largest absolute Gasteiger partial charge is 0.457 e. The molecule has 0 heterocycles. The Hall–Kier alpha value is -1.85. The molecule has 0 N–H and O–H groups in total. The number of carbonyl (C=O) groups is 2. The van der Waals surface area contributed by atoms with E-state index in [1.807, 2.05) is 0 Å². The smallest absolute Gasteiger partial charge is 0.416 e. The molecule has 0 atom stereocenters. The summed E-state index contributed by atoms with van der Waals surface area (Å²) in [5, 5.41) is 0. The van der Waals surface area contributed by atoms with Crippen LogP contribution in [0.4, 0.5) is 13.2 Å². The molecule has 6 heteroatoms. The maximum absolute atomic E-state index is 12.6. The second kappa shape index (κ2) is 5.20. The fourth-order valence-electron chi connectivity index (χ4n) is 1.49. The van der Waals surface area contributed by atoms with Crippen LogP contribution >= 0.6 is 0 Å². The summed E-state index contributed by atoms with van der Waals surface area (Å²) in [6.45, 7) is 1.77. The molecule has 1 aromatic carbocycles. The zero-order valence-corrected chi connectivity index (χ0v) is 9.80. The Kier molecular flexibility index (Phi) is 4.11. The van der Waals surface area contributed by atoms with Gasteiger partial charge in [0.05, 0.1) is 5.56 Å². The van der Waals surface area contributed by atoms with E-state index in [2.05, 4.69) is 4.74 Å². The molecule has 18 heavy (non-hydrogen) atoms. The monoisotopic (exact) mass is 260 g/mol. The first-order valence-corrected chi connectivity index (χ1v) is 5.07. The van der Waals surface area contributed by atoms with Gasteiger partial charge >= 0.3 is 12.1 Å². The Morgan fingerprint density at radius 1 is 1.28 bits per heavy atom. The number of hydrogen-bond acceptors (Lipinski definition) is 3. The Bertz CT molecular complexity index is 478. The van der Waals surface area contributed by atoms with Gasteiger partial charge in [0.25, 0.3) is 0 Å². The lowest BCUT2D eigenvalue weighted by atomic mass is 9.99. The first kappa shape index (κ1) is 14.2. The molecule has 0 fully saturated rings. The van der Waals surface area contributed by atoms with Gasteiger partial charge in [-0.1, -0.05) is 12.1 Å². The minimum Gasteiger partial charge on any atom is -0.457 e. The Balaban J connectivity index is 3.04. The lowest BCUT2D eigenvalue weighted by Gasteiger charge is -2.13. The van der Waals surface area contributed by atoms with Gasteiger partial charge in [-0.3, -0.25) is 9.59 Å². The van der Waals surface area contributed by atoms with Crippen LogP contribution < -0.4 is 0 Å². The van der Waals surface area contributed by atoms with Gasteiger partial charge in [0, 0.05) is 12.5 Å². The summed E-state index contributed by atoms with van der Waals surface area (Å²) in [7, 11) is 0. The van der Waals surface area contributed by atoms with E-state index in [-0.39, 0.29) is 11.1 Å². The first-order chi connectivity index (χ1) is 8.23. The molecule has 0 bridgehead atoms. The number of halogens is 3. The molecule has 3 nitrogen and oxygen atoms in total. The molecule has 1 rings (SSSR count). The molecule has 0 amide bonds. The first-order valence-electron chi connectivity index (χ1n) is 5.07. The number of Topliss-reactive ketones (excluding diaryl/α,β-unsaturated/α-hetero) is 1. The standard InChI is InChI=1S/C12H11F3O3/c1-7-9(11(17)6-18-8(2)16)4-3-5-10(7)12(13,14)15/h3-5H,6H2,1-2H3. The van der Waals surface area contributed by atoms with E-state index < -0.39 is 30.1 Å². The Labute approximate surface area is 102 Å². The zero-order chi connectivity index (χ0) is 13.9. The number of hydrogen-bond donors (Lipinski definition) is 0. The van der Waals surface area contributed by atoms with E-state index in [1.54, 1.807) is 0 Å². The molecule has 0 unspecified atom stereocenters. The number of esters is 1. The van der Waals surface area contributed by atoms with Crippen molar-refractivity contribution in [3.8, 4) is 0 Å². The van der Waals surface area contributed by atoms with Crippen LogP contribution in [0.5, 0.6) is 0 Å². The molecular formula is C12H11F3O3. The van der Waals surface area contributed by atoms with Gasteiger partial charge < -0.3 is 4.74 Å². The normalized spacial score (nSPS) is 11.2. The summed E-state index contributed by atoms with van der Waals surface area (Å²) in [4.78, 5) is 22.1. The van der Waals surface area contributed by atoms with E-state index in [1.165, 1.54) is 13.0 Å². The van der Waals surface area contributed by atoms with Crippen LogP contribution in [-0.4, -0.2) is 18.4 Å². The minimum absolute atomic E-state index is 0.0916. The van der Waals surface area contributed by atoms with Crippen molar-refractivity contribution in [2.24, 2.45) is 0 Å². The summed E-state index contributed by atoms with van der Waals surface area (Å²) in [5.41, 5.74) is -1.12. The fraction of sp³-hybridized carbons (Fsp3) is 0.333. The highest BCUT2D eigenvalue weighted by atomic mass is 19.4. The van der Waals surface area contributed by atoms with Crippen molar-refractivity contribution in [2.75, 3.05) is 6.61 Å². The molecule has 0 saturated heterocycles. The quantitative estimate of drug-likeness (QED) is 0.620. The molecule has 0 saturated carbocycles. The maximum Gasteiger partial charge on any atom is 0.416 e. The molecule has 0 aromatic heterocycles. The van der Waals surface area contributed by atoms with E-state index in [4.69, 9.17) is 0 Å². The molecule has 98 valence electrons. The van der Waals surface area contributed by atoms with Gasteiger partial charge in [-0.05, 0) is 18.6 Å². The summed E-state index contributed by atoms with van der Waals surface area (Å²) >= 11 is 0. The predicted octanol–water partition coefficient (Wildman–Crippen LogP) is 2.76. The average molecular weight is 260 g/mol. The number of rotatable bonds is 3. The average Bonchev–Trinajstić information content (AvgIpc) is 2.24. The highest BCUT2D eigenvalue weighted by Crippen LogP contribution is 2.32. The molecule has 0 aliphatic heterocycles. The SMILES string of the molecule is CC(=O)OCC(=O)c1cccc(C(F)(F)F)c1C. The molecule has 0 radical (unpaired) electrons. The van der Waals surface area contributed by atoms with Crippen molar-refractivity contribution < 1.29 is 27.5 Å². The predicted molar refractivity (Wildman–Crippen MR) is 57.1 cm³/mol. The third-order valence-corrected chi connectivity index (χ3v) is 2.35. The fourth-order valence-corrected chi connectivity index (χ4v) is 1.49. The van der Waals surface area contributed by atoms with Crippen LogP contribution in [0.2, 0.25) is 0 Å². The van der Waals surface area contributed by atoms with Gasteiger partial charge in [0.2, 0.25) is 5.78 Å². The van der Waals surface area contributed by atoms with Gasteiger partial charge in [0.15, 0.2) is 6.61 Å². The second-order valence-electron chi connectivity index (χ2n) is 3.68. The van der Waals surface area contributed by atoms with Gasteiger partial charge in [-0.15, -0.1) is 0 Å². The molecule has 0 aliphatic carbocycles. The third-order valence-electron chi connectivity index (χ3n) is 2.35. The van der Waals surface area contributed by atoms with E-state index in [0.29, 0.717) is 0 Å². The van der Waals surface area contributed by atoms with Crippen LogP contribution in [0.1, 0.15) is 28.4 Å². The van der Waals surface area contributed by atoms with Crippen LogP contribution in [0.25, 0.3) is 0 Å². The van der Waals surface area contributed by atoms with E-state index >= 15 is 0 Å². The Morgan fingerprint density at radius 2 is 1.89 bits per heavy atom. The second-order valence-corrected chi connectivity index (χ2v) is 3.68. The highest BCUT2D eigenvalue weighted by Gasteiger charge is 2.33. The van der Waals surface area contributed by atoms with Crippen molar-refractivity contribution >= 4 is 11.8 Å². The lowest BCUT2D eigenvalue weighted by Crippen LogP contribution is -2.16. The van der Waals surface area contributed by atoms with Gasteiger partial charge in [-0.2, -0.15) is 13.2 Å². The van der Waals surface area contributed by atoms with Crippen LogP contribution in [0, 0.1) is 6.92 Å². The molecule has 0 spiro atoms.